The second-order valence-corrected chi connectivity index (χ2v) is 15.9. The van der Waals surface area contributed by atoms with Crippen LogP contribution in [0.5, 0.6) is 0 Å². The second-order valence-electron chi connectivity index (χ2n) is 15.9. The number of aliphatic hydroxyl groups excluding tert-OH is 4. The molecule has 0 bridgehead atoms. The van der Waals surface area contributed by atoms with Crippen LogP contribution in [0.1, 0.15) is 91.9 Å². The van der Waals surface area contributed by atoms with Gasteiger partial charge in [0, 0.05) is 12.3 Å². The van der Waals surface area contributed by atoms with E-state index in [0.29, 0.717) is 35.2 Å². The van der Waals surface area contributed by atoms with Crippen molar-refractivity contribution < 1.29 is 39.4 Å². The second kappa shape index (κ2) is 10.4. The van der Waals surface area contributed by atoms with Gasteiger partial charge in [-0.25, -0.2) is 0 Å². The topological polar surface area (TPSA) is 118 Å². The highest BCUT2D eigenvalue weighted by molar-refractivity contribution is 5.15. The van der Waals surface area contributed by atoms with Crippen molar-refractivity contribution in [3.05, 3.63) is 0 Å². The third-order valence-electron chi connectivity index (χ3n) is 14.1. The van der Waals surface area contributed by atoms with Crippen molar-refractivity contribution in [1.29, 1.82) is 0 Å². The van der Waals surface area contributed by atoms with Crippen LogP contribution in [0.3, 0.4) is 0 Å². The van der Waals surface area contributed by atoms with Crippen LogP contribution < -0.4 is 0 Å². The molecule has 4 aliphatic carbocycles. The molecular formula is C33H54O8. The van der Waals surface area contributed by atoms with E-state index in [9.17, 15) is 20.4 Å². The summed E-state index contributed by atoms with van der Waals surface area (Å²) >= 11 is 0. The molecular weight excluding hydrogens is 524 g/mol. The Bertz CT molecular complexity index is 967. The summed E-state index contributed by atoms with van der Waals surface area (Å²) in [4.78, 5) is 0. The summed E-state index contributed by atoms with van der Waals surface area (Å²) in [6, 6.07) is 0. The maximum absolute atomic E-state index is 10.5. The normalized spacial score (nSPS) is 60.3. The summed E-state index contributed by atoms with van der Waals surface area (Å²) in [5, 5.41) is 40.4. The largest absolute Gasteiger partial charge is 0.394 e. The van der Waals surface area contributed by atoms with Gasteiger partial charge in [0.1, 0.15) is 24.4 Å². The Morgan fingerprint density at radius 2 is 1.61 bits per heavy atom. The highest BCUT2D eigenvalue weighted by Gasteiger charge is 2.69. The van der Waals surface area contributed by atoms with Crippen LogP contribution in [0.25, 0.3) is 0 Å². The van der Waals surface area contributed by atoms with Crippen LogP contribution in [0.2, 0.25) is 0 Å². The predicted octanol–water partition coefficient (Wildman–Crippen LogP) is 3.62. The molecule has 1 spiro atoms. The molecule has 3 aliphatic heterocycles. The minimum atomic E-state index is -1.40. The Kier molecular flexibility index (Phi) is 7.43. The van der Waals surface area contributed by atoms with Gasteiger partial charge in [-0.3, -0.25) is 0 Å². The van der Waals surface area contributed by atoms with Crippen LogP contribution in [0.15, 0.2) is 0 Å². The Morgan fingerprint density at radius 1 is 0.829 bits per heavy atom. The van der Waals surface area contributed by atoms with Crippen LogP contribution in [0.4, 0.5) is 0 Å². The van der Waals surface area contributed by atoms with E-state index in [1.165, 1.54) is 38.5 Å². The van der Waals surface area contributed by atoms with Crippen molar-refractivity contribution in [2.45, 2.75) is 141 Å². The van der Waals surface area contributed by atoms with E-state index in [1.54, 1.807) is 0 Å². The summed E-state index contributed by atoms with van der Waals surface area (Å²) in [5.41, 5.74) is 0.612. The van der Waals surface area contributed by atoms with Gasteiger partial charge in [0.25, 0.3) is 0 Å². The third-order valence-corrected chi connectivity index (χ3v) is 14.1. The first-order chi connectivity index (χ1) is 19.5. The van der Waals surface area contributed by atoms with Gasteiger partial charge in [-0.2, -0.15) is 0 Å². The molecule has 4 saturated carbocycles. The van der Waals surface area contributed by atoms with Gasteiger partial charge in [0.05, 0.1) is 25.4 Å². The quantitative estimate of drug-likeness (QED) is 0.375. The van der Waals surface area contributed by atoms with Gasteiger partial charge in [0.15, 0.2) is 12.1 Å². The van der Waals surface area contributed by atoms with Gasteiger partial charge in [-0.05, 0) is 104 Å². The van der Waals surface area contributed by atoms with E-state index in [-0.39, 0.29) is 17.3 Å². The zero-order valence-corrected chi connectivity index (χ0v) is 25.5. The van der Waals surface area contributed by atoms with Crippen molar-refractivity contribution >= 4 is 0 Å². The fraction of sp³-hybridized carbons (Fsp3) is 1.00. The van der Waals surface area contributed by atoms with E-state index < -0.39 is 37.3 Å². The fourth-order valence-corrected chi connectivity index (χ4v) is 11.7. The number of hydrogen-bond donors (Lipinski definition) is 4. The molecule has 3 heterocycles. The first kappa shape index (κ1) is 29.4. The first-order valence-electron chi connectivity index (χ1n) is 16.8. The molecule has 7 fully saturated rings. The lowest BCUT2D eigenvalue weighted by Gasteiger charge is -2.61. The lowest BCUT2D eigenvalue weighted by molar-refractivity contribution is -0.316. The van der Waals surface area contributed by atoms with Crippen molar-refractivity contribution in [1.82, 2.24) is 0 Å². The maximum atomic E-state index is 10.5. The molecule has 3 saturated heterocycles. The molecule has 0 radical (unpaired) electrons. The smallest absolute Gasteiger partial charge is 0.186 e. The molecule has 41 heavy (non-hydrogen) atoms. The number of ether oxygens (including phenoxy) is 4. The van der Waals surface area contributed by atoms with Gasteiger partial charge in [-0.15, -0.1) is 0 Å². The van der Waals surface area contributed by atoms with E-state index in [4.69, 9.17) is 18.9 Å². The molecule has 8 nitrogen and oxygen atoms in total. The summed E-state index contributed by atoms with van der Waals surface area (Å²) in [6.07, 6.45) is 5.64. The van der Waals surface area contributed by atoms with Crippen molar-refractivity contribution in [2.75, 3.05) is 13.2 Å². The molecule has 7 aliphatic rings. The average Bonchev–Trinajstić information content (AvgIpc) is 3.40. The molecule has 17 atom stereocenters. The minimum Gasteiger partial charge on any atom is -0.394 e. The fourth-order valence-electron chi connectivity index (χ4n) is 11.7. The minimum absolute atomic E-state index is 0.0607. The zero-order valence-electron chi connectivity index (χ0n) is 25.5. The Labute approximate surface area is 245 Å². The van der Waals surface area contributed by atoms with E-state index in [2.05, 4.69) is 27.7 Å². The summed E-state index contributed by atoms with van der Waals surface area (Å²) < 4.78 is 25.4. The molecule has 8 heteroatoms. The van der Waals surface area contributed by atoms with E-state index >= 15 is 0 Å². The lowest BCUT2D eigenvalue weighted by atomic mass is 9.44. The van der Waals surface area contributed by atoms with Crippen molar-refractivity contribution in [3.8, 4) is 0 Å². The summed E-state index contributed by atoms with van der Waals surface area (Å²) in [6.45, 7) is 10.3. The lowest BCUT2D eigenvalue weighted by Crippen LogP contribution is -2.60. The maximum Gasteiger partial charge on any atom is 0.186 e. The van der Waals surface area contributed by atoms with Gasteiger partial charge >= 0.3 is 0 Å². The monoisotopic (exact) mass is 578 g/mol. The molecule has 0 aromatic carbocycles. The van der Waals surface area contributed by atoms with Crippen LogP contribution in [-0.2, 0) is 18.9 Å². The SMILES string of the molecule is C[C@H]1CC[C@@]2(OC1)O[C@H]1C[C@H]3[C@@H]4CC[C@@H]5C[C@@H](O[C@@H]6O[C@H](CO)[C@H](O)[C@H](O)[C@H]6O)CC[C@]5(C)[C@H]4CC[C@]3(C)[C@H]1[C@@H]2C. The zero-order chi connectivity index (χ0) is 28.9. The highest BCUT2D eigenvalue weighted by atomic mass is 16.7. The molecule has 0 aromatic heterocycles. The molecule has 0 aromatic rings. The molecule has 7 rings (SSSR count). The Morgan fingerprint density at radius 3 is 2.34 bits per heavy atom. The summed E-state index contributed by atoms with van der Waals surface area (Å²) in [5.74, 6) is 4.08. The summed E-state index contributed by atoms with van der Waals surface area (Å²) in [7, 11) is 0. The van der Waals surface area contributed by atoms with Crippen molar-refractivity contribution in [3.63, 3.8) is 0 Å². The molecule has 0 amide bonds. The highest BCUT2D eigenvalue weighted by Crippen LogP contribution is 2.71. The predicted molar refractivity (Wildman–Crippen MR) is 150 cm³/mol. The van der Waals surface area contributed by atoms with E-state index in [0.717, 1.165) is 50.0 Å². The van der Waals surface area contributed by atoms with Gasteiger partial charge in [0.2, 0.25) is 0 Å². The van der Waals surface area contributed by atoms with Crippen molar-refractivity contribution in [2.24, 2.45) is 52.3 Å². The Hall–Kier alpha value is -0.320. The van der Waals surface area contributed by atoms with Crippen LogP contribution in [0, 0.1) is 52.3 Å². The number of aliphatic hydroxyl groups is 4. The third kappa shape index (κ3) is 4.36. The van der Waals surface area contributed by atoms with Crippen LogP contribution in [-0.4, -0.2) is 82.3 Å². The average molecular weight is 579 g/mol. The number of hydrogen-bond acceptors (Lipinski definition) is 8. The standard InChI is InChI=1S/C33H54O8/c1-17-7-12-33(38-16-17)18(2)26-24(41-33)14-23-21-6-5-19-13-20(8-10-31(19,3)22(21)9-11-32(23,26)4)39-30-29(37)28(36)27(35)25(15-34)40-30/h17-30,34-37H,5-16H2,1-4H3/t17-,18-,19+,20-,21+,22-,23-,24-,25+,26-,27-,28-,29+,30+,31-,32-,33+/m0/s1. The molecule has 0 unspecified atom stereocenters. The van der Waals surface area contributed by atoms with Crippen LogP contribution >= 0.6 is 0 Å². The number of rotatable bonds is 3. The van der Waals surface area contributed by atoms with Gasteiger partial charge < -0.3 is 39.4 Å². The molecule has 234 valence electrons. The molecule has 4 N–H and O–H groups in total. The first-order valence-corrected chi connectivity index (χ1v) is 16.8. The van der Waals surface area contributed by atoms with Gasteiger partial charge in [-0.1, -0.05) is 27.7 Å². The Balaban J connectivity index is 1.03. The number of fused-ring (bicyclic) bond motifs is 7. The van der Waals surface area contributed by atoms with E-state index in [1.807, 2.05) is 0 Å².